The van der Waals surface area contributed by atoms with Crippen molar-refractivity contribution < 1.29 is 0 Å². The minimum absolute atomic E-state index is 0.0208. The van der Waals surface area contributed by atoms with Crippen LogP contribution in [0.2, 0.25) is 0 Å². The highest BCUT2D eigenvalue weighted by Crippen LogP contribution is 2.21. The molecule has 1 unspecified atom stereocenters. The van der Waals surface area contributed by atoms with Crippen LogP contribution in [-0.2, 0) is 0 Å². The zero-order valence-corrected chi connectivity index (χ0v) is 7.55. The molecule has 0 bridgehead atoms. The lowest BCUT2D eigenvalue weighted by atomic mass is 9.93. The first-order valence-electron chi connectivity index (χ1n) is 4.75. The molecule has 3 heteroatoms. The van der Waals surface area contributed by atoms with Gasteiger partial charge in [-0.2, -0.15) is 0 Å². The number of piperidine rings is 1. The maximum Gasteiger partial charge on any atom is 0.247 e. The van der Waals surface area contributed by atoms with Gasteiger partial charge >= 0.3 is 0 Å². The van der Waals surface area contributed by atoms with E-state index in [0.29, 0.717) is 5.92 Å². The lowest BCUT2D eigenvalue weighted by molar-refractivity contribution is 0.461. The predicted octanol–water partition coefficient (Wildman–Crippen LogP) is 0.842. The number of H-pyrrole nitrogens is 1. The summed E-state index contributed by atoms with van der Waals surface area (Å²) in [5.41, 5.74) is 1.22. The van der Waals surface area contributed by atoms with Crippen molar-refractivity contribution in [2.24, 2.45) is 0 Å². The number of pyridine rings is 1. The van der Waals surface area contributed by atoms with Crippen molar-refractivity contribution in [2.75, 3.05) is 13.1 Å². The van der Waals surface area contributed by atoms with E-state index < -0.39 is 0 Å². The van der Waals surface area contributed by atoms with Gasteiger partial charge in [0.2, 0.25) is 5.56 Å². The Labute approximate surface area is 77.2 Å². The summed E-state index contributed by atoms with van der Waals surface area (Å²) < 4.78 is 0. The van der Waals surface area contributed by atoms with Crippen molar-refractivity contribution in [3.63, 3.8) is 0 Å². The Kier molecular flexibility index (Phi) is 2.45. The van der Waals surface area contributed by atoms with Gasteiger partial charge in [-0.3, -0.25) is 4.79 Å². The van der Waals surface area contributed by atoms with Gasteiger partial charge in [0.1, 0.15) is 0 Å². The van der Waals surface area contributed by atoms with Gasteiger partial charge in [0.25, 0.3) is 0 Å². The molecule has 2 heterocycles. The van der Waals surface area contributed by atoms with E-state index >= 15 is 0 Å². The van der Waals surface area contributed by atoms with Crippen molar-refractivity contribution >= 4 is 0 Å². The van der Waals surface area contributed by atoms with Crippen LogP contribution in [0.4, 0.5) is 0 Å². The molecule has 0 spiro atoms. The zero-order chi connectivity index (χ0) is 9.10. The Morgan fingerprint density at radius 3 is 2.92 bits per heavy atom. The quantitative estimate of drug-likeness (QED) is 0.669. The fraction of sp³-hybridized carbons (Fsp3) is 0.500. The summed E-state index contributed by atoms with van der Waals surface area (Å²) in [6.07, 6.45) is 4.28. The number of rotatable bonds is 1. The minimum Gasteiger partial charge on any atom is -0.329 e. The van der Waals surface area contributed by atoms with E-state index in [0.717, 1.165) is 13.1 Å². The van der Waals surface area contributed by atoms with Crippen LogP contribution in [0.15, 0.2) is 23.1 Å². The lowest BCUT2D eigenvalue weighted by Crippen LogP contribution is -2.28. The van der Waals surface area contributed by atoms with Gasteiger partial charge in [-0.15, -0.1) is 0 Å². The highest BCUT2D eigenvalue weighted by atomic mass is 16.1. The van der Waals surface area contributed by atoms with Gasteiger partial charge < -0.3 is 10.3 Å². The van der Waals surface area contributed by atoms with Gasteiger partial charge in [-0.25, -0.2) is 0 Å². The van der Waals surface area contributed by atoms with Crippen LogP contribution >= 0.6 is 0 Å². The second-order valence-corrected chi connectivity index (χ2v) is 3.53. The van der Waals surface area contributed by atoms with Crippen LogP contribution < -0.4 is 10.9 Å². The summed E-state index contributed by atoms with van der Waals surface area (Å²) in [7, 11) is 0. The molecule has 70 valence electrons. The molecule has 13 heavy (non-hydrogen) atoms. The number of hydrogen-bond acceptors (Lipinski definition) is 2. The molecule has 1 aromatic heterocycles. The summed E-state index contributed by atoms with van der Waals surface area (Å²) in [6, 6.07) is 3.53. The molecule has 0 radical (unpaired) electrons. The first-order valence-corrected chi connectivity index (χ1v) is 4.75. The van der Waals surface area contributed by atoms with Crippen LogP contribution in [0.5, 0.6) is 0 Å². The first kappa shape index (κ1) is 8.51. The Morgan fingerprint density at radius 1 is 1.38 bits per heavy atom. The predicted molar refractivity (Wildman–Crippen MR) is 51.9 cm³/mol. The van der Waals surface area contributed by atoms with Gasteiger partial charge in [0.15, 0.2) is 0 Å². The van der Waals surface area contributed by atoms with Gasteiger partial charge in [-0.1, -0.05) is 6.07 Å². The Morgan fingerprint density at radius 2 is 2.31 bits per heavy atom. The van der Waals surface area contributed by atoms with E-state index in [1.165, 1.54) is 18.4 Å². The van der Waals surface area contributed by atoms with E-state index in [9.17, 15) is 4.79 Å². The van der Waals surface area contributed by atoms with Crippen LogP contribution in [0.1, 0.15) is 24.3 Å². The summed E-state index contributed by atoms with van der Waals surface area (Å²) in [6.45, 7) is 2.16. The highest BCUT2D eigenvalue weighted by molar-refractivity contribution is 5.15. The molecule has 0 saturated carbocycles. The largest absolute Gasteiger partial charge is 0.329 e. The molecule has 1 aromatic rings. The van der Waals surface area contributed by atoms with Crippen LogP contribution in [0.25, 0.3) is 0 Å². The van der Waals surface area contributed by atoms with Crippen LogP contribution in [-0.4, -0.2) is 18.1 Å². The van der Waals surface area contributed by atoms with E-state index in [1.807, 2.05) is 12.3 Å². The Hall–Kier alpha value is -1.09. The molecule has 1 aliphatic heterocycles. The van der Waals surface area contributed by atoms with E-state index in [2.05, 4.69) is 10.3 Å². The topological polar surface area (TPSA) is 44.9 Å². The fourth-order valence-electron chi connectivity index (χ4n) is 1.81. The maximum atomic E-state index is 10.8. The van der Waals surface area contributed by atoms with Crippen molar-refractivity contribution in [1.82, 2.24) is 10.3 Å². The van der Waals surface area contributed by atoms with Crippen LogP contribution in [0, 0.1) is 0 Å². The third kappa shape index (κ3) is 1.98. The molecule has 0 aliphatic carbocycles. The van der Waals surface area contributed by atoms with Crippen molar-refractivity contribution in [3.8, 4) is 0 Å². The molecular weight excluding hydrogens is 164 g/mol. The first-order chi connectivity index (χ1) is 6.36. The van der Waals surface area contributed by atoms with Crippen LogP contribution in [0.3, 0.4) is 0 Å². The molecular formula is C10H14N2O. The number of nitrogens with one attached hydrogen (secondary N) is 2. The third-order valence-electron chi connectivity index (χ3n) is 2.58. The molecule has 1 atom stereocenters. The maximum absolute atomic E-state index is 10.8. The van der Waals surface area contributed by atoms with Crippen molar-refractivity contribution in [2.45, 2.75) is 18.8 Å². The van der Waals surface area contributed by atoms with Gasteiger partial charge in [0.05, 0.1) is 0 Å². The molecule has 2 rings (SSSR count). The van der Waals surface area contributed by atoms with E-state index in [4.69, 9.17) is 0 Å². The molecule has 0 amide bonds. The lowest BCUT2D eigenvalue weighted by Gasteiger charge is -2.22. The average molecular weight is 178 g/mol. The monoisotopic (exact) mass is 178 g/mol. The molecule has 1 aliphatic rings. The number of aromatic amines is 1. The standard InChI is InChI=1S/C10H14N2O/c13-10-4-3-9(7-12-10)8-2-1-5-11-6-8/h3-4,7-8,11H,1-2,5-6H2,(H,12,13). The second-order valence-electron chi connectivity index (χ2n) is 3.53. The Bertz CT molecular complexity index is 305. The zero-order valence-electron chi connectivity index (χ0n) is 7.55. The molecule has 3 nitrogen and oxygen atoms in total. The second kappa shape index (κ2) is 3.75. The number of aromatic nitrogens is 1. The number of hydrogen-bond donors (Lipinski definition) is 2. The normalized spacial score (nSPS) is 22.9. The average Bonchev–Trinajstić information content (AvgIpc) is 2.20. The fourth-order valence-corrected chi connectivity index (χ4v) is 1.81. The third-order valence-corrected chi connectivity index (χ3v) is 2.58. The summed E-state index contributed by atoms with van der Waals surface area (Å²) >= 11 is 0. The summed E-state index contributed by atoms with van der Waals surface area (Å²) in [4.78, 5) is 13.5. The van der Waals surface area contributed by atoms with Crippen molar-refractivity contribution in [3.05, 3.63) is 34.2 Å². The van der Waals surface area contributed by atoms with E-state index in [-0.39, 0.29) is 5.56 Å². The smallest absolute Gasteiger partial charge is 0.247 e. The summed E-state index contributed by atoms with van der Waals surface area (Å²) in [5, 5.41) is 3.36. The molecule has 2 N–H and O–H groups in total. The Balaban J connectivity index is 2.14. The van der Waals surface area contributed by atoms with Gasteiger partial charge in [-0.05, 0) is 30.9 Å². The van der Waals surface area contributed by atoms with Crippen molar-refractivity contribution in [1.29, 1.82) is 0 Å². The molecule has 1 saturated heterocycles. The van der Waals surface area contributed by atoms with E-state index in [1.54, 1.807) is 6.07 Å². The van der Waals surface area contributed by atoms with Gasteiger partial charge in [0, 0.05) is 18.8 Å². The highest BCUT2D eigenvalue weighted by Gasteiger charge is 2.14. The molecule has 1 fully saturated rings. The molecule has 0 aromatic carbocycles. The minimum atomic E-state index is -0.0208. The SMILES string of the molecule is O=c1ccc(C2CCCNC2)c[nH]1. The summed E-state index contributed by atoms with van der Waals surface area (Å²) in [5.74, 6) is 0.575.